The van der Waals surface area contributed by atoms with Crippen LogP contribution < -0.4 is 0 Å². The molecule has 0 saturated heterocycles. The zero-order valence-electron chi connectivity index (χ0n) is 14.1. The smallest absolute Gasteiger partial charge is 0.158 e. The summed E-state index contributed by atoms with van der Waals surface area (Å²) < 4.78 is 0. The standard InChI is InChI=1S/C18H26O3.Ac/c1-16(2)12-5-7-18(4)13(9-11(19)10-15(18)21)17(12,3)8-6-14(16)20;/h9,12,15,21H,5-8,10H2,1-4H3;/t12-,15+,17-,18+;/m0./s1. The zero-order chi connectivity index (χ0) is 15.6. The van der Waals surface area contributed by atoms with Crippen molar-refractivity contribution in [2.24, 2.45) is 22.2 Å². The van der Waals surface area contributed by atoms with E-state index in [-0.39, 0.29) is 78.4 Å². The molecule has 3 rings (SSSR count). The Kier molecular flexibility index (Phi) is 4.94. The minimum absolute atomic E-state index is 0. The average molecular weight is 517 g/mol. The van der Waals surface area contributed by atoms with E-state index in [1.54, 1.807) is 6.08 Å². The van der Waals surface area contributed by atoms with E-state index in [0.29, 0.717) is 12.2 Å². The molecule has 0 heterocycles. The van der Waals surface area contributed by atoms with Crippen LogP contribution in [0.1, 0.15) is 59.8 Å². The summed E-state index contributed by atoms with van der Waals surface area (Å²) in [5, 5.41) is 10.5. The van der Waals surface area contributed by atoms with E-state index in [9.17, 15) is 14.7 Å². The van der Waals surface area contributed by atoms with Crippen molar-refractivity contribution in [1.82, 2.24) is 0 Å². The van der Waals surface area contributed by atoms with Gasteiger partial charge in [-0.15, -0.1) is 0 Å². The molecule has 3 aliphatic carbocycles. The molecule has 0 aromatic rings. The Morgan fingerprint density at radius 2 is 1.73 bits per heavy atom. The second kappa shape index (κ2) is 5.78. The Balaban J connectivity index is 0.00000176. The van der Waals surface area contributed by atoms with Gasteiger partial charge < -0.3 is 5.11 Å². The van der Waals surface area contributed by atoms with Gasteiger partial charge in [-0.3, -0.25) is 9.59 Å². The van der Waals surface area contributed by atoms with Gasteiger partial charge in [0.1, 0.15) is 5.78 Å². The first kappa shape index (κ1) is 18.8. The van der Waals surface area contributed by atoms with Crippen LogP contribution in [-0.4, -0.2) is 22.8 Å². The van der Waals surface area contributed by atoms with E-state index in [0.717, 1.165) is 24.8 Å². The maximum absolute atomic E-state index is 12.3. The van der Waals surface area contributed by atoms with E-state index >= 15 is 0 Å². The number of Topliss-reactive ketones (excluding diaryl/α,β-unsaturated/α-hetero) is 1. The van der Waals surface area contributed by atoms with Crippen molar-refractivity contribution in [2.45, 2.75) is 65.9 Å². The molecule has 4 atom stereocenters. The molecule has 0 aliphatic heterocycles. The van der Waals surface area contributed by atoms with Crippen LogP contribution in [0.4, 0.5) is 0 Å². The van der Waals surface area contributed by atoms with Crippen molar-refractivity contribution in [1.29, 1.82) is 0 Å². The number of aliphatic hydroxyl groups is 1. The third-order valence-corrected chi connectivity index (χ3v) is 6.85. The van der Waals surface area contributed by atoms with Crippen molar-refractivity contribution in [3.8, 4) is 0 Å². The predicted molar refractivity (Wildman–Crippen MR) is 80.7 cm³/mol. The molecular weight excluding hydrogens is 491 g/mol. The third-order valence-electron chi connectivity index (χ3n) is 6.85. The number of hydrogen-bond donors (Lipinski definition) is 1. The number of fused-ring (bicyclic) bond motifs is 3. The van der Waals surface area contributed by atoms with E-state index in [2.05, 4.69) is 27.7 Å². The maximum Gasteiger partial charge on any atom is 0.158 e. The number of hydrogen-bond acceptors (Lipinski definition) is 3. The van der Waals surface area contributed by atoms with Crippen molar-refractivity contribution >= 4 is 11.6 Å². The number of carbonyl (C=O) groups is 2. The summed E-state index contributed by atoms with van der Waals surface area (Å²) in [5.74, 6) is 0.645. The van der Waals surface area contributed by atoms with Gasteiger partial charge in [0.15, 0.2) is 5.78 Å². The minimum Gasteiger partial charge on any atom is -0.392 e. The van der Waals surface area contributed by atoms with Crippen molar-refractivity contribution < 1.29 is 58.8 Å². The first-order valence-electron chi connectivity index (χ1n) is 8.09. The average Bonchev–Trinajstić information content (AvgIpc) is 2.38. The van der Waals surface area contributed by atoms with Crippen LogP contribution in [0.3, 0.4) is 0 Å². The van der Waals surface area contributed by atoms with E-state index < -0.39 is 6.10 Å². The Labute approximate surface area is 168 Å². The summed E-state index contributed by atoms with van der Waals surface area (Å²) in [6.07, 6.45) is 4.66. The normalized spacial score (nSPS) is 43.6. The van der Waals surface area contributed by atoms with Crippen molar-refractivity contribution in [2.75, 3.05) is 0 Å². The molecule has 0 aromatic carbocycles. The van der Waals surface area contributed by atoms with Crippen LogP contribution in [0.15, 0.2) is 11.6 Å². The molecule has 22 heavy (non-hydrogen) atoms. The predicted octanol–water partition coefficient (Wildman–Crippen LogP) is 3.06. The van der Waals surface area contributed by atoms with Crippen LogP contribution in [0.25, 0.3) is 0 Å². The quantitative estimate of drug-likeness (QED) is 0.538. The van der Waals surface area contributed by atoms with Gasteiger partial charge in [0, 0.05) is 67.7 Å². The van der Waals surface area contributed by atoms with Gasteiger partial charge in [-0.25, -0.2) is 0 Å². The van der Waals surface area contributed by atoms with Gasteiger partial charge in [0.05, 0.1) is 6.10 Å². The molecule has 0 spiro atoms. The SMILES string of the molecule is CC1(C)C(=O)CC[C@]2(C)C3=CC(=O)C[C@@H](O)[C@]3(C)CC[C@@H]12.[Ac]. The molecular formula is C18H26AcO3. The topological polar surface area (TPSA) is 54.4 Å². The summed E-state index contributed by atoms with van der Waals surface area (Å²) in [6, 6.07) is 0. The summed E-state index contributed by atoms with van der Waals surface area (Å²) >= 11 is 0. The molecule has 0 aromatic heterocycles. The van der Waals surface area contributed by atoms with E-state index in [1.807, 2.05) is 0 Å². The Hall–Kier alpha value is 0.482. The fraction of sp³-hybridized carbons (Fsp3) is 0.778. The summed E-state index contributed by atoms with van der Waals surface area (Å²) in [6.45, 7) is 8.42. The molecule has 1 N–H and O–H groups in total. The summed E-state index contributed by atoms with van der Waals surface area (Å²) in [7, 11) is 0. The number of ketones is 2. The number of rotatable bonds is 0. The molecule has 3 nitrogen and oxygen atoms in total. The Bertz CT molecular complexity index is 551. The summed E-state index contributed by atoms with van der Waals surface area (Å²) in [5.41, 5.74) is 0.341. The van der Waals surface area contributed by atoms with Crippen molar-refractivity contribution in [3.05, 3.63) is 11.6 Å². The van der Waals surface area contributed by atoms with Crippen LogP contribution >= 0.6 is 0 Å². The van der Waals surface area contributed by atoms with Crippen LogP contribution in [0.2, 0.25) is 0 Å². The number of carbonyl (C=O) groups excluding carboxylic acids is 2. The van der Waals surface area contributed by atoms with Crippen LogP contribution in [-0.2, 0) is 9.59 Å². The largest absolute Gasteiger partial charge is 0.392 e. The van der Waals surface area contributed by atoms with E-state index in [4.69, 9.17) is 0 Å². The monoisotopic (exact) mass is 517 g/mol. The maximum atomic E-state index is 12.3. The van der Waals surface area contributed by atoms with Crippen LogP contribution in [0.5, 0.6) is 0 Å². The van der Waals surface area contributed by atoms with Crippen LogP contribution in [0, 0.1) is 66.2 Å². The van der Waals surface area contributed by atoms with Gasteiger partial charge in [-0.1, -0.05) is 33.3 Å². The second-order valence-corrected chi connectivity index (χ2v) is 8.32. The molecule has 1 radical (unpaired) electrons. The minimum atomic E-state index is -0.580. The Morgan fingerprint density at radius 1 is 1.09 bits per heavy atom. The second-order valence-electron chi connectivity index (χ2n) is 8.32. The molecule has 2 saturated carbocycles. The number of aliphatic hydroxyl groups excluding tert-OH is 1. The molecule has 119 valence electrons. The van der Waals surface area contributed by atoms with Gasteiger partial charge in [0.25, 0.3) is 0 Å². The van der Waals surface area contributed by atoms with Gasteiger partial charge in [-0.2, -0.15) is 0 Å². The fourth-order valence-corrected chi connectivity index (χ4v) is 5.40. The van der Waals surface area contributed by atoms with Gasteiger partial charge in [0.2, 0.25) is 0 Å². The molecule has 0 unspecified atom stereocenters. The number of allylic oxidation sites excluding steroid dienone is 1. The molecule has 0 bridgehead atoms. The summed E-state index contributed by atoms with van der Waals surface area (Å²) in [4.78, 5) is 24.4. The first-order chi connectivity index (χ1) is 9.62. The van der Waals surface area contributed by atoms with Crippen molar-refractivity contribution in [3.63, 3.8) is 0 Å². The molecule has 3 aliphatic rings. The molecule has 0 amide bonds. The third kappa shape index (κ3) is 2.44. The van der Waals surface area contributed by atoms with E-state index in [1.165, 1.54) is 0 Å². The van der Waals surface area contributed by atoms with Gasteiger partial charge in [-0.05, 0) is 36.7 Å². The molecule has 2 fully saturated rings. The molecule has 4 heteroatoms. The first-order valence-corrected chi connectivity index (χ1v) is 8.09. The Morgan fingerprint density at radius 3 is 2.36 bits per heavy atom. The zero-order valence-corrected chi connectivity index (χ0v) is 18.9. The fourth-order valence-electron chi connectivity index (χ4n) is 5.40. The van der Waals surface area contributed by atoms with Gasteiger partial charge >= 0.3 is 0 Å².